The molecule has 0 spiro atoms. The van der Waals surface area contributed by atoms with Gasteiger partial charge in [-0.2, -0.15) is 26.3 Å². The average molecular weight is 408 g/mol. The molecule has 0 heterocycles. The summed E-state index contributed by atoms with van der Waals surface area (Å²) in [7, 11) is 0. The number of benzene rings is 2. The second kappa shape index (κ2) is 7.94. The minimum Gasteiger partial charge on any atom is -0.326 e. The summed E-state index contributed by atoms with van der Waals surface area (Å²) < 4.78 is 79.7. The summed E-state index contributed by atoms with van der Waals surface area (Å²) in [6, 6.07) is 7.29. The van der Waals surface area contributed by atoms with Crippen LogP contribution in [0.4, 0.5) is 26.3 Å². The molecule has 0 aliphatic heterocycles. The molecule has 1 nitrogen and oxygen atoms in total. The Morgan fingerprint density at radius 1 is 1.04 bits per heavy atom. The highest BCUT2D eigenvalue weighted by Gasteiger charge is 2.39. The van der Waals surface area contributed by atoms with E-state index in [1.54, 1.807) is 6.92 Å². The fourth-order valence-electron chi connectivity index (χ4n) is 2.70. The zero-order valence-electron chi connectivity index (χ0n) is 14.1. The van der Waals surface area contributed by atoms with Crippen LogP contribution in [-0.2, 0) is 12.7 Å². The van der Waals surface area contributed by atoms with Crippen molar-refractivity contribution in [3.8, 4) is 0 Å². The van der Waals surface area contributed by atoms with Gasteiger partial charge in [0.2, 0.25) is 0 Å². The SMILES string of the molecule is Cc1cc(Cl)cc(C(/C=C/c2ccc(CN)c(C(F)(F)F)c2)C(F)(F)F)c1. The third-order valence-corrected chi connectivity index (χ3v) is 4.13. The van der Waals surface area contributed by atoms with Gasteiger partial charge in [0.25, 0.3) is 0 Å². The first-order chi connectivity index (χ1) is 12.4. The molecule has 2 aromatic carbocycles. The van der Waals surface area contributed by atoms with Gasteiger partial charge < -0.3 is 5.73 Å². The van der Waals surface area contributed by atoms with E-state index in [0.29, 0.717) is 5.56 Å². The van der Waals surface area contributed by atoms with Gasteiger partial charge in [-0.1, -0.05) is 42.0 Å². The van der Waals surface area contributed by atoms with Crippen molar-refractivity contribution in [1.29, 1.82) is 0 Å². The van der Waals surface area contributed by atoms with E-state index in [0.717, 1.165) is 24.3 Å². The minimum atomic E-state index is -4.65. The molecule has 0 amide bonds. The van der Waals surface area contributed by atoms with Crippen LogP contribution in [0, 0.1) is 6.92 Å². The maximum atomic E-state index is 13.5. The lowest BCUT2D eigenvalue weighted by molar-refractivity contribution is -0.140. The van der Waals surface area contributed by atoms with Gasteiger partial charge >= 0.3 is 12.4 Å². The van der Waals surface area contributed by atoms with Crippen LogP contribution in [0.2, 0.25) is 5.02 Å². The van der Waals surface area contributed by atoms with Crippen LogP contribution >= 0.6 is 11.6 Å². The molecule has 0 radical (unpaired) electrons. The molecule has 0 saturated carbocycles. The summed E-state index contributed by atoms with van der Waals surface area (Å²) in [6.45, 7) is 1.28. The maximum absolute atomic E-state index is 13.5. The first-order valence-electron chi connectivity index (χ1n) is 7.84. The highest BCUT2D eigenvalue weighted by molar-refractivity contribution is 6.30. The Labute approximate surface area is 157 Å². The average Bonchev–Trinajstić information content (AvgIpc) is 2.52. The highest BCUT2D eigenvalue weighted by atomic mass is 35.5. The molecule has 8 heteroatoms. The van der Waals surface area contributed by atoms with Gasteiger partial charge in [-0.3, -0.25) is 0 Å². The molecule has 2 rings (SSSR count). The van der Waals surface area contributed by atoms with Crippen molar-refractivity contribution >= 4 is 17.7 Å². The zero-order valence-corrected chi connectivity index (χ0v) is 14.9. The van der Waals surface area contributed by atoms with E-state index >= 15 is 0 Å². The van der Waals surface area contributed by atoms with Gasteiger partial charge in [-0.15, -0.1) is 0 Å². The maximum Gasteiger partial charge on any atom is 0.416 e. The van der Waals surface area contributed by atoms with Crippen molar-refractivity contribution in [1.82, 2.24) is 0 Å². The molecule has 1 unspecified atom stereocenters. The monoisotopic (exact) mass is 407 g/mol. The fraction of sp³-hybridized carbons (Fsp3) is 0.263. The first kappa shape index (κ1) is 21.3. The van der Waals surface area contributed by atoms with Crippen molar-refractivity contribution in [3.63, 3.8) is 0 Å². The molecule has 0 aliphatic carbocycles. The van der Waals surface area contributed by atoms with Crippen LogP contribution < -0.4 is 5.73 Å². The lowest BCUT2D eigenvalue weighted by Gasteiger charge is -2.18. The summed E-state index contributed by atoms with van der Waals surface area (Å²) in [6.07, 6.45) is -7.43. The van der Waals surface area contributed by atoms with Gasteiger partial charge in [0.1, 0.15) is 0 Å². The Kier molecular flexibility index (Phi) is 6.27. The summed E-state index contributed by atoms with van der Waals surface area (Å²) >= 11 is 5.84. The third-order valence-electron chi connectivity index (χ3n) is 3.92. The summed E-state index contributed by atoms with van der Waals surface area (Å²) in [5, 5.41) is 0.152. The van der Waals surface area contributed by atoms with Gasteiger partial charge in [0.15, 0.2) is 0 Å². The quantitative estimate of drug-likeness (QED) is 0.576. The topological polar surface area (TPSA) is 26.0 Å². The number of hydrogen-bond donors (Lipinski definition) is 1. The van der Waals surface area contributed by atoms with Crippen molar-refractivity contribution in [3.05, 3.63) is 75.3 Å². The van der Waals surface area contributed by atoms with Crippen LogP contribution in [0.1, 0.15) is 33.7 Å². The Morgan fingerprint density at radius 3 is 2.22 bits per heavy atom. The molecule has 2 N–H and O–H groups in total. The number of hydrogen-bond acceptors (Lipinski definition) is 1. The predicted molar refractivity (Wildman–Crippen MR) is 93.4 cm³/mol. The zero-order chi connectivity index (χ0) is 20.4. The van der Waals surface area contributed by atoms with Gasteiger partial charge in [0.05, 0.1) is 11.5 Å². The Bertz CT molecular complexity index is 819. The van der Waals surface area contributed by atoms with Gasteiger partial charge in [-0.25, -0.2) is 0 Å². The van der Waals surface area contributed by atoms with Crippen molar-refractivity contribution < 1.29 is 26.3 Å². The summed E-state index contributed by atoms with van der Waals surface area (Å²) in [5.41, 5.74) is 4.67. The van der Waals surface area contributed by atoms with E-state index < -0.39 is 23.8 Å². The summed E-state index contributed by atoms with van der Waals surface area (Å²) in [5.74, 6) is -2.00. The Hall–Kier alpha value is -1.99. The molecule has 2 aromatic rings. The minimum absolute atomic E-state index is 0.00692. The number of halogens is 7. The number of alkyl halides is 6. The predicted octanol–water partition coefficient (Wildman–Crippen LogP) is 6.49. The van der Waals surface area contributed by atoms with Crippen molar-refractivity contribution in [2.45, 2.75) is 31.7 Å². The second-order valence-corrected chi connectivity index (χ2v) is 6.50. The smallest absolute Gasteiger partial charge is 0.326 e. The standard InChI is InChI=1S/C19H16ClF6N/c1-11-6-14(9-15(20)7-11)16(18(21,22)23)5-3-12-2-4-13(10-27)17(8-12)19(24,25)26/h2-9,16H,10,27H2,1H3/b5-3+. The van der Waals surface area contributed by atoms with E-state index in [1.165, 1.54) is 24.3 Å². The van der Waals surface area contributed by atoms with E-state index in [1.807, 2.05) is 0 Å². The molecule has 0 saturated heterocycles. The molecular formula is C19H16ClF6N. The van der Waals surface area contributed by atoms with E-state index in [9.17, 15) is 26.3 Å². The lowest BCUT2D eigenvalue weighted by atomic mass is 9.95. The molecule has 146 valence electrons. The highest BCUT2D eigenvalue weighted by Crippen LogP contribution is 2.38. The molecule has 27 heavy (non-hydrogen) atoms. The Morgan fingerprint density at radius 2 is 1.70 bits per heavy atom. The largest absolute Gasteiger partial charge is 0.416 e. The van der Waals surface area contributed by atoms with Crippen molar-refractivity contribution in [2.24, 2.45) is 5.73 Å². The number of allylic oxidation sites excluding steroid dienone is 1. The van der Waals surface area contributed by atoms with E-state index in [4.69, 9.17) is 17.3 Å². The van der Waals surface area contributed by atoms with Crippen molar-refractivity contribution in [2.75, 3.05) is 0 Å². The van der Waals surface area contributed by atoms with Crippen LogP contribution in [0.5, 0.6) is 0 Å². The number of rotatable bonds is 4. The first-order valence-corrected chi connectivity index (χ1v) is 8.22. The molecule has 1 atom stereocenters. The number of aryl methyl sites for hydroxylation is 1. The molecule has 0 aromatic heterocycles. The third kappa shape index (κ3) is 5.49. The van der Waals surface area contributed by atoms with Crippen LogP contribution in [0.15, 0.2) is 42.5 Å². The fourth-order valence-corrected chi connectivity index (χ4v) is 3.00. The van der Waals surface area contributed by atoms with Crippen LogP contribution in [-0.4, -0.2) is 6.18 Å². The summed E-state index contributed by atoms with van der Waals surface area (Å²) in [4.78, 5) is 0. The van der Waals surface area contributed by atoms with E-state index in [2.05, 4.69) is 0 Å². The van der Waals surface area contributed by atoms with Crippen LogP contribution in [0.25, 0.3) is 6.08 Å². The van der Waals surface area contributed by atoms with Gasteiger partial charge in [-0.05, 0) is 47.4 Å². The van der Waals surface area contributed by atoms with Gasteiger partial charge in [0, 0.05) is 11.6 Å². The molecule has 0 fully saturated rings. The van der Waals surface area contributed by atoms with Crippen LogP contribution in [0.3, 0.4) is 0 Å². The number of nitrogens with two attached hydrogens (primary N) is 1. The Balaban J connectivity index is 2.45. The molecular weight excluding hydrogens is 392 g/mol. The van der Waals surface area contributed by atoms with E-state index in [-0.39, 0.29) is 28.3 Å². The second-order valence-electron chi connectivity index (χ2n) is 6.06. The molecule has 0 aliphatic rings. The lowest BCUT2D eigenvalue weighted by Crippen LogP contribution is -2.19. The normalized spacial score (nSPS) is 14.0. The molecule has 0 bridgehead atoms.